The lowest BCUT2D eigenvalue weighted by molar-refractivity contribution is -0.113. The average molecular weight is 521 g/mol. The van der Waals surface area contributed by atoms with Crippen LogP contribution in [0.5, 0.6) is 0 Å². The fraction of sp³-hybridized carbons (Fsp3) is 0.200. The van der Waals surface area contributed by atoms with Crippen molar-refractivity contribution in [3.63, 3.8) is 0 Å². The normalized spacial score (nSPS) is 10.6. The second-order valence-corrected chi connectivity index (χ2v) is 8.49. The first-order chi connectivity index (χ1) is 13.9. The Kier molecular flexibility index (Phi) is 7.26. The molecule has 0 fully saturated rings. The molecular weight excluding hydrogens is 501 g/mol. The van der Waals surface area contributed by atoms with E-state index in [0.717, 1.165) is 14.8 Å². The van der Waals surface area contributed by atoms with E-state index in [0.29, 0.717) is 16.5 Å². The minimum Gasteiger partial charge on any atom is -0.345 e. The van der Waals surface area contributed by atoms with Gasteiger partial charge < -0.3 is 15.2 Å². The highest BCUT2D eigenvalue weighted by molar-refractivity contribution is 14.1. The van der Waals surface area contributed by atoms with E-state index in [-0.39, 0.29) is 24.1 Å². The summed E-state index contributed by atoms with van der Waals surface area (Å²) in [5.74, 6) is 0.551. The lowest BCUT2D eigenvalue weighted by atomic mass is 10.2. The largest absolute Gasteiger partial charge is 0.345 e. The van der Waals surface area contributed by atoms with Crippen LogP contribution in [0.3, 0.4) is 0 Å². The number of hydrogen-bond donors (Lipinski definition) is 2. The van der Waals surface area contributed by atoms with Crippen LogP contribution in [-0.4, -0.2) is 32.3 Å². The fourth-order valence-corrected chi connectivity index (χ4v) is 3.94. The summed E-state index contributed by atoms with van der Waals surface area (Å²) < 4.78 is 2.90. The Balaban J connectivity index is 1.52. The Morgan fingerprint density at radius 2 is 1.90 bits per heavy atom. The third kappa shape index (κ3) is 5.80. The van der Waals surface area contributed by atoms with Gasteiger partial charge in [-0.15, -0.1) is 10.2 Å². The second kappa shape index (κ2) is 9.88. The number of amides is 2. The second-order valence-electron chi connectivity index (χ2n) is 6.30. The number of thioether (sulfide) groups is 1. The number of hydrogen-bond acceptors (Lipinski definition) is 5. The maximum atomic E-state index is 12.3. The molecule has 0 saturated carbocycles. The van der Waals surface area contributed by atoms with E-state index < -0.39 is 0 Å². The number of nitrogens with zero attached hydrogens (tertiary/aromatic N) is 3. The molecule has 0 radical (unpaired) electrons. The van der Waals surface area contributed by atoms with Gasteiger partial charge in [-0.25, -0.2) is 0 Å². The zero-order chi connectivity index (χ0) is 20.8. The minimum absolute atomic E-state index is 0.110. The number of nitrogens with one attached hydrogen (secondary N) is 2. The van der Waals surface area contributed by atoms with Crippen LogP contribution in [0.15, 0.2) is 53.7 Å². The van der Waals surface area contributed by atoms with Crippen molar-refractivity contribution in [3.05, 3.63) is 69.1 Å². The number of aryl methyl sites for hydroxylation is 1. The SMILES string of the molecule is Cc1cc(I)ccc1NC(=O)CSc1nnc(CNC(=O)c2ccccc2)n1C. The summed E-state index contributed by atoms with van der Waals surface area (Å²) in [7, 11) is 1.81. The molecule has 1 heterocycles. The van der Waals surface area contributed by atoms with Gasteiger partial charge in [0, 0.05) is 21.9 Å². The quantitative estimate of drug-likeness (QED) is 0.368. The molecule has 150 valence electrons. The maximum Gasteiger partial charge on any atom is 0.251 e. The van der Waals surface area contributed by atoms with Crippen molar-refractivity contribution >= 4 is 51.9 Å². The summed E-state index contributed by atoms with van der Waals surface area (Å²) in [5.41, 5.74) is 2.41. The fourth-order valence-electron chi connectivity index (χ4n) is 2.56. The highest BCUT2D eigenvalue weighted by atomic mass is 127. The van der Waals surface area contributed by atoms with Gasteiger partial charge in [-0.1, -0.05) is 30.0 Å². The first-order valence-electron chi connectivity index (χ1n) is 8.84. The number of anilines is 1. The molecule has 3 aromatic rings. The van der Waals surface area contributed by atoms with Crippen LogP contribution in [0.2, 0.25) is 0 Å². The third-order valence-corrected chi connectivity index (χ3v) is 5.85. The first-order valence-corrected chi connectivity index (χ1v) is 10.9. The van der Waals surface area contributed by atoms with E-state index in [1.165, 1.54) is 11.8 Å². The van der Waals surface area contributed by atoms with Crippen molar-refractivity contribution in [2.24, 2.45) is 7.05 Å². The lowest BCUT2D eigenvalue weighted by Crippen LogP contribution is -2.24. The molecule has 9 heteroatoms. The van der Waals surface area contributed by atoms with Crippen LogP contribution in [-0.2, 0) is 18.4 Å². The van der Waals surface area contributed by atoms with Crippen molar-refractivity contribution in [3.8, 4) is 0 Å². The van der Waals surface area contributed by atoms with E-state index in [1.54, 1.807) is 16.7 Å². The number of carbonyl (C=O) groups is 2. The summed E-state index contributed by atoms with van der Waals surface area (Å²) in [6.45, 7) is 2.22. The van der Waals surface area contributed by atoms with Crippen molar-refractivity contribution in [2.75, 3.05) is 11.1 Å². The molecule has 0 aliphatic heterocycles. The number of aromatic nitrogens is 3. The average Bonchev–Trinajstić information content (AvgIpc) is 3.07. The molecule has 2 aromatic carbocycles. The van der Waals surface area contributed by atoms with Crippen LogP contribution in [0.4, 0.5) is 5.69 Å². The van der Waals surface area contributed by atoms with Crippen molar-refractivity contribution in [1.29, 1.82) is 0 Å². The van der Waals surface area contributed by atoms with E-state index in [2.05, 4.69) is 43.4 Å². The first kappa shape index (κ1) is 21.3. The molecule has 1 aromatic heterocycles. The molecule has 2 amide bonds. The van der Waals surface area contributed by atoms with E-state index >= 15 is 0 Å². The third-order valence-electron chi connectivity index (χ3n) is 4.16. The van der Waals surface area contributed by atoms with Crippen molar-refractivity contribution in [2.45, 2.75) is 18.6 Å². The number of rotatable bonds is 7. The summed E-state index contributed by atoms with van der Waals surface area (Å²) in [4.78, 5) is 24.4. The smallest absolute Gasteiger partial charge is 0.251 e. The Labute approximate surface area is 186 Å². The molecule has 0 bridgehead atoms. The molecule has 0 atom stereocenters. The van der Waals surface area contributed by atoms with Gasteiger partial charge in [0.15, 0.2) is 11.0 Å². The summed E-state index contributed by atoms with van der Waals surface area (Å²) in [5, 5.41) is 14.6. The van der Waals surface area contributed by atoms with Gasteiger partial charge in [-0.05, 0) is 65.4 Å². The van der Waals surface area contributed by atoms with Gasteiger partial charge in [-0.3, -0.25) is 9.59 Å². The lowest BCUT2D eigenvalue weighted by Gasteiger charge is -2.09. The van der Waals surface area contributed by atoms with E-state index in [4.69, 9.17) is 0 Å². The summed E-state index contributed by atoms with van der Waals surface area (Å²) >= 11 is 3.54. The summed E-state index contributed by atoms with van der Waals surface area (Å²) in [6.07, 6.45) is 0. The monoisotopic (exact) mass is 521 g/mol. The Hall–Kier alpha value is -2.40. The highest BCUT2D eigenvalue weighted by Gasteiger charge is 2.13. The number of halogens is 1. The van der Waals surface area contributed by atoms with E-state index in [1.807, 2.05) is 50.4 Å². The minimum atomic E-state index is -0.171. The Bertz CT molecular complexity index is 1020. The van der Waals surface area contributed by atoms with Gasteiger partial charge in [0.2, 0.25) is 5.91 Å². The van der Waals surface area contributed by atoms with Gasteiger partial charge in [0.1, 0.15) is 0 Å². The standard InChI is InChI=1S/C20H20IN5O2S/c1-13-10-15(21)8-9-16(13)23-18(27)12-29-20-25-24-17(26(20)2)11-22-19(28)14-6-4-3-5-7-14/h3-10H,11-12H2,1-2H3,(H,22,28)(H,23,27). The van der Waals surface area contributed by atoms with Crippen LogP contribution < -0.4 is 10.6 Å². The molecule has 29 heavy (non-hydrogen) atoms. The zero-order valence-corrected chi connectivity index (χ0v) is 19.0. The predicted octanol–water partition coefficient (Wildman–Crippen LogP) is 3.39. The van der Waals surface area contributed by atoms with Gasteiger partial charge >= 0.3 is 0 Å². The molecular formula is C20H20IN5O2S. The maximum absolute atomic E-state index is 12.3. The van der Waals surface area contributed by atoms with Crippen molar-refractivity contribution < 1.29 is 9.59 Å². The highest BCUT2D eigenvalue weighted by Crippen LogP contribution is 2.20. The Morgan fingerprint density at radius 1 is 1.14 bits per heavy atom. The zero-order valence-electron chi connectivity index (χ0n) is 16.0. The van der Waals surface area contributed by atoms with Crippen LogP contribution in [0.25, 0.3) is 0 Å². The molecule has 0 saturated heterocycles. The summed E-state index contributed by atoms with van der Waals surface area (Å²) in [6, 6.07) is 14.9. The predicted molar refractivity (Wildman–Crippen MR) is 122 cm³/mol. The molecule has 0 aliphatic carbocycles. The molecule has 3 rings (SSSR count). The molecule has 2 N–H and O–H groups in total. The molecule has 0 spiro atoms. The Morgan fingerprint density at radius 3 is 2.62 bits per heavy atom. The van der Waals surface area contributed by atoms with Crippen molar-refractivity contribution in [1.82, 2.24) is 20.1 Å². The number of carbonyl (C=O) groups excluding carboxylic acids is 2. The van der Waals surface area contributed by atoms with Crippen LogP contribution >= 0.6 is 34.4 Å². The van der Waals surface area contributed by atoms with Gasteiger partial charge in [0.25, 0.3) is 5.91 Å². The molecule has 0 aliphatic rings. The molecule has 0 unspecified atom stereocenters. The van der Waals surface area contributed by atoms with Gasteiger partial charge in [0.05, 0.1) is 12.3 Å². The number of benzene rings is 2. The van der Waals surface area contributed by atoms with Gasteiger partial charge in [-0.2, -0.15) is 0 Å². The topological polar surface area (TPSA) is 88.9 Å². The van der Waals surface area contributed by atoms with Crippen LogP contribution in [0.1, 0.15) is 21.7 Å². The van der Waals surface area contributed by atoms with Crippen LogP contribution in [0, 0.1) is 10.5 Å². The molecule has 7 nitrogen and oxygen atoms in total. The van der Waals surface area contributed by atoms with E-state index in [9.17, 15) is 9.59 Å².